The fourth-order valence-corrected chi connectivity index (χ4v) is 33.2. The maximum absolute atomic E-state index is 16.8. The van der Waals surface area contributed by atoms with Gasteiger partial charge in [0, 0.05) is 68.2 Å². The predicted molar refractivity (Wildman–Crippen MR) is 567 cm³/mol. The number of fused-ring (bicyclic) bond motifs is 8. The molecular formula is C112H128O28S8. The summed E-state index contributed by atoms with van der Waals surface area (Å²) in [5.41, 5.74) is -0.360. The first-order valence-electron chi connectivity index (χ1n) is 48.5. The highest BCUT2D eigenvalue weighted by Gasteiger charge is 2.48. The first kappa shape index (κ1) is 113. The molecule has 28 nitrogen and oxygen atoms in total. The summed E-state index contributed by atoms with van der Waals surface area (Å²) in [5.74, 6) is -23.9. The van der Waals surface area contributed by atoms with E-state index in [0.29, 0.717) is 44.5 Å². The molecule has 4 N–H and O–H groups in total. The zero-order chi connectivity index (χ0) is 110. The Balaban J connectivity index is 1.41. The van der Waals surface area contributed by atoms with Crippen LogP contribution < -0.4 is 33.5 Å². The fourth-order valence-electron chi connectivity index (χ4n) is 22.2. The summed E-state index contributed by atoms with van der Waals surface area (Å²) in [6.07, 6.45) is -2.80. The Kier molecular flexibility index (Phi) is 32.1. The maximum Gasteiger partial charge on any atom is 0.340 e. The van der Waals surface area contributed by atoms with Crippen molar-refractivity contribution in [2.75, 3.05) is 0 Å². The van der Waals surface area contributed by atoms with E-state index in [1.165, 1.54) is 208 Å². The van der Waals surface area contributed by atoms with Crippen LogP contribution in [0.25, 0.3) is 0 Å². The Morgan fingerprint density at radius 2 is 0.277 bits per heavy atom. The van der Waals surface area contributed by atoms with E-state index in [-0.39, 0.29) is 115 Å². The van der Waals surface area contributed by atoms with Gasteiger partial charge in [-0.15, -0.1) is 0 Å². The first-order chi connectivity index (χ1) is 68.7. The quantitative estimate of drug-likeness (QED) is 0.0284. The van der Waals surface area contributed by atoms with E-state index in [1.54, 1.807) is 83.1 Å². The highest BCUT2D eigenvalue weighted by molar-refractivity contribution is 7.89. The Labute approximate surface area is 871 Å². The van der Waals surface area contributed by atoms with Crippen LogP contribution in [0.3, 0.4) is 0 Å². The molecule has 0 spiro atoms. The molecule has 0 amide bonds. The van der Waals surface area contributed by atoms with Gasteiger partial charge in [-0.25, -0.2) is 0 Å². The maximum atomic E-state index is 16.8. The standard InChI is InChI=1S/C112H128O28S8/c1-29-33-81-85-53-86(94(114)101(93(85)113)137-145(125,126)109-73(21)45-61(9)46-74(109)22)82(34-30-2)91-56-92(100(136-144(123,124)108-71(19)43-60(8)44-72(108)20)104(140-148(131,132)112-79(27)51-64(12)52-80(112)28)99(91)135-143(121,122)107-69(17)41-59(7)42-70(107)18)84(36-32-4)88-54-87(95(115)102(96(88)116)138-146(127,128)110-75(23)47-62(10)48-76(110)24)83(35-31-3)90-55-89(81)97(133-141(117,118)105-65(13)37-57(5)38-66(105)14)103(139-147(129,130)111-77(25)49-63(11)50-78(111)26)98(90)134-142(119,120)106-67(15)39-58(6)40-68(106)16/h37-56,81-84,113-116H,29-36H2,1-28H3. The van der Waals surface area contributed by atoms with Gasteiger partial charge in [0.15, 0.2) is 46.0 Å². The molecule has 0 radical (unpaired) electrons. The second-order valence-electron chi connectivity index (χ2n) is 39.7. The third kappa shape index (κ3) is 22.0. The summed E-state index contributed by atoms with van der Waals surface area (Å²) in [6, 6.07) is 28.4. The Morgan fingerprint density at radius 3 is 0.399 bits per heavy atom. The van der Waals surface area contributed by atoms with Crippen molar-refractivity contribution in [3.05, 3.63) is 299 Å². The lowest BCUT2D eigenvalue weighted by Gasteiger charge is -2.32. The van der Waals surface area contributed by atoms with Crippen molar-refractivity contribution in [2.45, 2.75) is 308 Å². The third-order valence-corrected chi connectivity index (χ3v) is 39.0. The lowest BCUT2D eigenvalue weighted by Crippen LogP contribution is -2.23. The summed E-state index contributed by atoms with van der Waals surface area (Å²) in [4.78, 5) is -4.40. The van der Waals surface area contributed by atoms with Crippen LogP contribution in [0.1, 0.15) is 281 Å². The van der Waals surface area contributed by atoms with E-state index >= 15 is 67.3 Å². The van der Waals surface area contributed by atoms with E-state index in [0.717, 1.165) is 24.3 Å². The highest BCUT2D eigenvalue weighted by atomic mass is 32.3. The van der Waals surface area contributed by atoms with Crippen molar-refractivity contribution in [3.63, 3.8) is 0 Å². The van der Waals surface area contributed by atoms with Crippen molar-refractivity contribution in [1.29, 1.82) is 0 Å². The second-order valence-corrected chi connectivity index (χ2v) is 51.6. The molecule has 0 fully saturated rings. The van der Waals surface area contributed by atoms with Crippen LogP contribution in [-0.2, 0) is 80.9 Å². The number of aryl methyl sites for hydroxylation is 24. The Morgan fingerprint density at radius 1 is 0.169 bits per heavy atom. The minimum Gasteiger partial charge on any atom is -0.504 e. The van der Waals surface area contributed by atoms with Gasteiger partial charge in [-0.05, 0) is 305 Å². The van der Waals surface area contributed by atoms with Gasteiger partial charge in [-0.1, -0.05) is 195 Å². The van der Waals surface area contributed by atoms with Crippen LogP contribution in [-0.4, -0.2) is 87.8 Å². The summed E-state index contributed by atoms with van der Waals surface area (Å²) in [6.45, 7) is 42.8. The molecule has 13 rings (SSSR count). The summed E-state index contributed by atoms with van der Waals surface area (Å²) >= 11 is 0. The van der Waals surface area contributed by atoms with E-state index < -0.39 is 283 Å². The van der Waals surface area contributed by atoms with Crippen LogP contribution in [0.15, 0.2) is 160 Å². The van der Waals surface area contributed by atoms with Gasteiger partial charge in [-0.3, -0.25) is 0 Å². The smallest absolute Gasteiger partial charge is 0.340 e. The third-order valence-electron chi connectivity index (χ3n) is 26.8. The van der Waals surface area contributed by atoms with Crippen LogP contribution >= 0.6 is 0 Å². The molecule has 4 atom stereocenters. The van der Waals surface area contributed by atoms with Gasteiger partial charge < -0.3 is 53.9 Å². The molecule has 0 heterocycles. The molecule has 12 aromatic carbocycles. The monoisotopic (exact) mass is 2180 g/mol. The van der Waals surface area contributed by atoms with E-state index in [4.69, 9.17) is 33.5 Å². The molecular weight excluding hydrogens is 2050 g/mol. The molecule has 0 saturated carbocycles. The largest absolute Gasteiger partial charge is 0.504 e. The SMILES string of the molecule is CCCC1c2cc(c(O)c(OS(=O)(=O)c3c(C)cc(C)cc3C)c2O)C(CCC)c2cc(c(OS(=O)(=O)c3c(C)cc(C)cc3C)c(OS(=O)(=O)c3c(C)cc(C)cc3C)c2OS(=O)(=O)c2c(C)cc(C)cc2C)C(CCC)c2cc(c(O)c(OS(=O)(=O)c3c(C)cc(C)cc3C)c2O)C(CCC)c2cc1c(OS(=O)(=O)c1c(C)cc(C)cc1C)c(OS(=O)(=O)c1c(C)cc(C)cc1C)c2OS(=O)(=O)c1c(C)cc(C)cc1C. The minimum atomic E-state index is -5.75. The van der Waals surface area contributed by atoms with Gasteiger partial charge in [0.2, 0.25) is 23.0 Å². The average Bonchev–Trinajstić information content (AvgIpc) is 0.717. The molecule has 792 valence electrons. The summed E-state index contributed by atoms with van der Waals surface area (Å²) in [7, 11) is -45.3. The van der Waals surface area contributed by atoms with Crippen LogP contribution in [0.4, 0.5) is 0 Å². The van der Waals surface area contributed by atoms with Crippen molar-refractivity contribution in [2.24, 2.45) is 0 Å². The topological polar surface area (TPSA) is 428 Å². The van der Waals surface area contributed by atoms with Crippen LogP contribution in [0, 0.1) is 166 Å². The normalized spacial score (nSPS) is 14.8. The van der Waals surface area contributed by atoms with Gasteiger partial charge in [0.05, 0.1) is 0 Å². The molecule has 0 aromatic heterocycles. The number of benzene rings is 12. The predicted octanol–water partition coefficient (Wildman–Crippen LogP) is 24.1. The molecule has 148 heavy (non-hydrogen) atoms. The Bertz CT molecular complexity index is 7540. The lowest BCUT2D eigenvalue weighted by molar-refractivity contribution is 0.382. The van der Waals surface area contributed by atoms with E-state index in [9.17, 15) is 20.4 Å². The van der Waals surface area contributed by atoms with Crippen LogP contribution in [0.2, 0.25) is 0 Å². The van der Waals surface area contributed by atoms with Crippen LogP contribution in [0.5, 0.6) is 69.0 Å². The van der Waals surface area contributed by atoms with Crippen molar-refractivity contribution in [3.8, 4) is 69.0 Å². The Hall–Kier alpha value is -12.2. The molecule has 1 aliphatic rings. The minimum absolute atomic E-state index is 0.00748. The lowest BCUT2D eigenvalue weighted by atomic mass is 9.76. The molecule has 0 saturated heterocycles. The number of phenolic OH excluding ortho intramolecular Hbond substituents is 4. The van der Waals surface area contributed by atoms with Gasteiger partial charge >= 0.3 is 80.9 Å². The number of hydrogen-bond donors (Lipinski definition) is 4. The molecule has 0 aliphatic heterocycles. The van der Waals surface area contributed by atoms with Crippen molar-refractivity contribution >= 4 is 80.9 Å². The summed E-state index contributed by atoms with van der Waals surface area (Å²) < 4.78 is 320. The average molecular weight is 2180 g/mol. The molecule has 1 aliphatic carbocycles. The van der Waals surface area contributed by atoms with Crippen molar-refractivity contribution in [1.82, 2.24) is 0 Å². The molecule has 12 aromatic rings. The zero-order valence-electron chi connectivity index (χ0n) is 88.4. The summed E-state index contributed by atoms with van der Waals surface area (Å²) in [5, 5.41) is 57.4. The fraction of sp³-hybridized carbons (Fsp3) is 0.357. The van der Waals surface area contributed by atoms with Gasteiger partial charge in [0.1, 0.15) is 39.2 Å². The number of phenols is 4. The highest BCUT2D eigenvalue weighted by Crippen LogP contribution is 2.63. The van der Waals surface area contributed by atoms with Gasteiger partial charge in [-0.2, -0.15) is 67.3 Å². The van der Waals surface area contributed by atoms with E-state index in [2.05, 4.69) is 0 Å². The second kappa shape index (κ2) is 42.0. The number of aromatic hydroxyl groups is 4. The van der Waals surface area contributed by atoms with Crippen molar-refractivity contribution < 1.29 is 121 Å². The first-order valence-corrected chi connectivity index (χ1v) is 59.7. The van der Waals surface area contributed by atoms with Gasteiger partial charge in [0.25, 0.3) is 0 Å². The molecule has 4 unspecified atom stereocenters. The van der Waals surface area contributed by atoms with E-state index in [1.807, 2.05) is 0 Å². The molecule has 36 heteroatoms. The zero-order valence-corrected chi connectivity index (χ0v) is 94.9. The number of rotatable bonds is 32. The number of hydrogen-bond acceptors (Lipinski definition) is 28. The molecule has 8 bridgehead atoms.